The van der Waals surface area contributed by atoms with Crippen molar-refractivity contribution in [1.82, 2.24) is 10.0 Å². The zero-order valence-corrected chi connectivity index (χ0v) is 13.8. The lowest BCUT2D eigenvalue weighted by molar-refractivity contribution is 0.136. The molecule has 2 N–H and O–H groups in total. The van der Waals surface area contributed by atoms with Crippen LogP contribution in [0.25, 0.3) is 0 Å². The number of unbranched alkanes of at least 4 members (excludes halogenated alkanes) is 1. The Morgan fingerprint density at radius 3 is 2.80 bits per heavy atom. The summed E-state index contributed by atoms with van der Waals surface area (Å²) in [5.74, 6) is 0. The first kappa shape index (κ1) is 17.6. The topological polar surface area (TPSA) is 67.4 Å². The lowest BCUT2D eigenvalue weighted by Gasteiger charge is -2.05. The maximum Gasteiger partial charge on any atom is 0.241 e. The Bertz CT molecular complexity index is 472. The van der Waals surface area contributed by atoms with Crippen molar-refractivity contribution in [2.24, 2.45) is 0 Å². The largest absolute Gasteiger partial charge is 0.380 e. The molecule has 0 amide bonds. The van der Waals surface area contributed by atoms with Crippen LogP contribution in [-0.2, 0) is 21.3 Å². The fourth-order valence-corrected chi connectivity index (χ4v) is 3.78. The van der Waals surface area contributed by atoms with Crippen molar-refractivity contribution in [3.63, 3.8) is 0 Å². The highest BCUT2D eigenvalue weighted by molar-refractivity contribution is 7.89. The lowest BCUT2D eigenvalue weighted by atomic mass is 10.4. The molecule has 0 aromatic carbocycles. The zero-order chi connectivity index (χ0) is 14.8. The van der Waals surface area contributed by atoms with Gasteiger partial charge in [0.2, 0.25) is 10.0 Å². The molecule has 5 nitrogen and oxygen atoms in total. The van der Waals surface area contributed by atoms with Gasteiger partial charge in [0.15, 0.2) is 0 Å². The minimum absolute atomic E-state index is 0.310. The summed E-state index contributed by atoms with van der Waals surface area (Å²) in [5, 5.41) is 4.85. The molecule has 0 aliphatic heterocycles. The minimum atomic E-state index is -3.40. The second-order valence-electron chi connectivity index (χ2n) is 4.39. The van der Waals surface area contributed by atoms with Crippen LogP contribution in [0.15, 0.2) is 16.3 Å². The number of ether oxygens (including phenoxy) is 1. The summed E-state index contributed by atoms with van der Waals surface area (Å²) < 4.78 is 31.9. The highest BCUT2D eigenvalue weighted by Gasteiger charge is 2.15. The number of thiophene rings is 1. The van der Waals surface area contributed by atoms with E-state index in [0.29, 0.717) is 31.2 Å². The quantitative estimate of drug-likeness (QED) is 0.612. The van der Waals surface area contributed by atoms with Crippen molar-refractivity contribution in [1.29, 1.82) is 0 Å². The molecule has 20 heavy (non-hydrogen) atoms. The van der Waals surface area contributed by atoms with Crippen LogP contribution in [-0.4, -0.2) is 34.7 Å². The van der Waals surface area contributed by atoms with E-state index in [2.05, 4.69) is 17.0 Å². The highest BCUT2D eigenvalue weighted by atomic mass is 32.2. The monoisotopic (exact) mass is 320 g/mol. The predicted octanol–water partition coefficient (Wildman–Crippen LogP) is 1.95. The van der Waals surface area contributed by atoms with Crippen LogP contribution in [0.3, 0.4) is 0 Å². The Morgan fingerprint density at radius 2 is 2.10 bits per heavy atom. The SMILES string of the molecule is CCCCOCCNS(=O)(=O)c1csc(CNCC)c1. The van der Waals surface area contributed by atoms with Crippen molar-refractivity contribution in [3.8, 4) is 0 Å². The molecule has 0 fully saturated rings. The van der Waals surface area contributed by atoms with Crippen molar-refractivity contribution in [2.75, 3.05) is 26.3 Å². The van der Waals surface area contributed by atoms with E-state index in [1.165, 1.54) is 11.3 Å². The molecule has 0 radical (unpaired) electrons. The van der Waals surface area contributed by atoms with Gasteiger partial charge in [-0.2, -0.15) is 0 Å². The van der Waals surface area contributed by atoms with E-state index in [1.54, 1.807) is 11.4 Å². The van der Waals surface area contributed by atoms with E-state index in [4.69, 9.17) is 4.74 Å². The van der Waals surface area contributed by atoms with Crippen LogP contribution in [0.1, 0.15) is 31.6 Å². The first-order valence-electron chi connectivity index (χ1n) is 6.95. The normalized spacial score (nSPS) is 11.9. The van der Waals surface area contributed by atoms with Gasteiger partial charge in [0, 0.05) is 30.0 Å². The number of hydrogen-bond donors (Lipinski definition) is 2. The molecule has 0 aliphatic rings. The molecule has 1 aromatic heterocycles. The van der Waals surface area contributed by atoms with Crippen molar-refractivity contribution >= 4 is 21.4 Å². The zero-order valence-electron chi connectivity index (χ0n) is 12.1. The summed E-state index contributed by atoms with van der Waals surface area (Å²) in [4.78, 5) is 1.36. The number of sulfonamides is 1. The number of hydrogen-bond acceptors (Lipinski definition) is 5. The molecule has 0 saturated carbocycles. The van der Waals surface area contributed by atoms with Crippen LogP contribution < -0.4 is 10.0 Å². The third-order valence-corrected chi connectivity index (χ3v) is 5.20. The molecule has 1 rings (SSSR count). The summed E-state index contributed by atoms with van der Waals surface area (Å²) in [6, 6.07) is 1.72. The summed E-state index contributed by atoms with van der Waals surface area (Å²) in [5.41, 5.74) is 0. The third-order valence-electron chi connectivity index (χ3n) is 2.67. The van der Waals surface area contributed by atoms with Gasteiger partial charge in [0.1, 0.15) is 0 Å². The van der Waals surface area contributed by atoms with Gasteiger partial charge < -0.3 is 10.1 Å². The van der Waals surface area contributed by atoms with Gasteiger partial charge in [0.25, 0.3) is 0 Å². The van der Waals surface area contributed by atoms with Gasteiger partial charge in [-0.05, 0) is 19.0 Å². The van der Waals surface area contributed by atoms with Crippen LogP contribution in [0, 0.1) is 0 Å². The molecule has 0 atom stereocenters. The Labute approximate surface area is 125 Å². The lowest BCUT2D eigenvalue weighted by Crippen LogP contribution is -2.27. The second-order valence-corrected chi connectivity index (χ2v) is 7.16. The van der Waals surface area contributed by atoms with E-state index in [0.717, 1.165) is 24.3 Å². The van der Waals surface area contributed by atoms with E-state index in [-0.39, 0.29) is 0 Å². The molecule has 0 spiro atoms. The first-order chi connectivity index (χ1) is 9.60. The molecule has 0 unspecified atom stereocenters. The van der Waals surface area contributed by atoms with Gasteiger partial charge in [-0.25, -0.2) is 13.1 Å². The van der Waals surface area contributed by atoms with Gasteiger partial charge in [0.05, 0.1) is 11.5 Å². The Kier molecular flexibility index (Phi) is 8.32. The maximum absolute atomic E-state index is 12.0. The molecule has 116 valence electrons. The van der Waals surface area contributed by atoms with E-state index < -0.39 is 10.0 Å². The van der Waals surface area contributed by atoms with Crippen LogP contribution in [0.4, 0.5) is 0 Å². The van der Waals surface area contributed by atoms with E-state index in [9.17, 15) is 8.42 Å². The van der Waals surface area contributed by atoms with E-state index in [1.807, 2.05) is 6.92 Å². The highest BCUT2D eigenvalue weighted by Crippen LogP contribution is 2.18. The Morgan fingerprint density at radius 1 is 1.30 bits per heavy atom. The van der Waals surface area contributed by atoms with Gasteiger partial charge >= 0.3 is 0 Å². The number of rotatable bonds is 11. The molecular formula is C13H24N2O3S2. The summed E-state index contributed by atoms with van der Waals surface area (Å²) in [6.07, 6.45) is 2.08. The molecule has 0 saturated heterocycles. The molecule has 7 heteroatoms. The first-order valence-corrected chi connectivity index (χ1v) is 9.32. The van der Waals surface area contributed by atoms with Crippen LogP contribution in [0.2, 0.25) is 0 Å². The molecular weight excluding hydrogens is 296 g/mol. The van der Waals surface area contributed by atoms with Crippen molar-refractivity contribution in [3.05, 3.63) is 16.3 Å². The summed E-state index contributed by atoms with van der Waals surface area (Å²) in [6.45, 7) is 7.09. The number of nitrogens with one attached hydrogen (secondary N) is 2. The fraction of sp³-hybridized carbons (Fsp3) is 0.692. The smallest absolute Gasteiger partial charge is 0.241 e. The average molecular weight is 320 g/mol. The van der Waals surface area contributed by atoms with Gasteiger partial charge in [-0.1, -0.05) is 20.3 Å². The Balaban J connectivity index is 2.38. The van der Waals surface area contributed by atoms with Crippen molar-refractivity contribution in [2.45, 2.75) is 38.1 Å². The maximum atomic E-state index is 12.0. The fourth-order valence-electron chi connectivity index (χ4n) is 1.52. The minimum Gasteiger partial charge on any atom is -0.380 e. The summed E-state index contributed by atoms with van der Waals surface area (Å²) >= 11 is 1.45. The molecule has 1 aromatic rings. The predicted molar refractivity (Wildman–Crippen MR) is 82.6 cm³/mol. The van der Waals surface area contributed by atoms with Crippen molar-refractivity contribution < 1.29 is 13.2 Å². The molecule has 1 heterocycles. The van der Waals surface area contributed by atoms with E-state index >= 15 is 0 Å². The van der Waals surface area contributed by atoms with Crippen LogP contribution >= 0.6 is 11.3 Å². The molecule has 0 bridgehead atoms. The van der Waals surface area contributed by atoms with Gasteiger partial charge in [-0.3, -0.25) is 0 Å². The molecule has 0 aliphatic carbocycles. The van der Waals surface area contributed by atoms with Crippen LogP contribution in [0.5, 0.6) is 0 Å². The average Bonchev–Trinajstić information content (AvgIpc) is 2.90. The van der Waals surface area contributed by atoms with Gasteiger partial charge in [-0.15, -0.1) is 11.3 Å². The third kappa shape index (κ3) is 6.32. The standard InChI is InChI=1S/C13H24N2O3S2/c1-3-5-7-18-8-6-15-20(16,17)13-9-12(19-11-13)10-14-4-2/h9,11,14-15H,3-8,10H2,1-2H3. The summed E-state index contributed by atoms with van der Waals surface area (Å²) in [7, 11) is -3.40. The Hall–Kier alpha value is -0.470. The second kappa shape index (κ2) is 9.46.